The second kappa shape index (κ2) is 11.5. The Kier molecular flexibility index (Phi) is 8.10. The third kappa shape index (κ3) is 5.82. The van der Waals surface area contributed by atoms with Crippen LogP contribution in [0.25, 0.3) is 11.0 Å². The first-order valence-corrected chi connectivity index (χ1v) is 12.9. The molecule has 4 rings (SSSR count). The highest BCUT2D eigenvalue weighted by atomic mass is 16.5. The Labute approximate surface area is 226 Å². The minimum absolute atomic E-state index is 0.149. The zero-order valence-corrected chi connectivity index (χ0v) is 22.3. The smallest absolute Gasteiger partial charge is 0.315 e. The molecule has 10 nitrogen and oxygen atoms in total. The molecule has 10 heteroatoms. The Balaban J connectivity index is 1.74. The van der Waals surface area contributed by atoms with Crippen LogP contribution in [0.2, 0.25) is 0 Å². The number of esters is 1. The van der Waals surface area contributed by atoms with Crippen LogP contribution in [0, 0.1) is 11.3 Å². The molecule has 0 bridgehead atoms. The lowest BCUT2D eigenvalue weighted by atomic mass is 9.89. The summed E-state index contributed by atoms with van der Waals surface area (Å²) in [4.78, 5) is 57.9. The first-order chi connectivity index (χ1) is 18.7. The first kappa shape index (κ1) is 27.5. The molecule has 39 heavy (non-hydrogen) atoms. The summed E-state index contributed by atoms with van der Waals surface area (Å²) in [5, 5.41) is 11.8. The fourth-order valence-electron chi connectivity index (χ4n) is 4.86. The number of nitrogens with zero attached hydrogens (tertiary/aromatic N) is 4. The average molecular weight is 530 g/mol. The van der Waals surface area contributed by atoms with Crippen molar-refractivity contribution in [2.45, 2.75) is 45.1 Å². The molecule has 1 aliphatic heterocycles. The van der Waals surface area contributed by atoms with Gasteiger partial charge in [0.25, 0.3) is 11.5 Å². The maximum Gasteiger partial charge on any atom is 0.315 e. The summed E-state index contributed by atoms with van der Waals surface area (Å²) in [6.07, 6.45) is 1.50. The van der Waals surface area contributed by atoms with E-state index in [1.165, 1.54) is 4.57 Å². The molecule has 2 aromatic carbocycles. The summed E-state index contributed by atoms with van der Waals surface area (Å²) in [7, 11) is 1.66. The Morgan fingerprint density at radius 1 is 1.13 bits per heavy atom. The highest BCUT2D eigenvalue weighted by molar-refractivity contribution is 5.99. The van der Waals surface area contributed by atoms with E-state index in [9.17, 15) is 19.2 Å². The molecule has 2 amide bonds. The van der Waals surface area contributed by atoms with Crippen molar-refractivity contribution in [3.63, 3.8) is 0 Å². The Bertz CT molecular complexity index is 1520. The van der Waals surface area contributed by atoms with Crippen molar-refractivity contribution in [3.05, 3.63) is 75.2 Å². The number of hydrogen-bond acceptors (Lipinski definition) is 7. The zero-order chi connectivity index (χ0) is 28.2. The molecule has 1 fully saturated rings. The van der Waals surface area contributed by atoms with Crippen LogP contribution in [0.5, 0.6) is 0 Å². The summed E-state index contributed by atoms with van der Waals surface area (Å²) in [5.41, 5.74) is 1.48. The molecule has 1 saturated heterocycles. The standard InChI is InChI=1S/C29H31N5O5/c1-4-39-26(36)17-25(35)32-29(2,28(38)34-13-5-6-14-34)21-11-12-24-22(16-21)31-23(27(37)33(24)3)15-19-7-9-20(18-30)10-8-19/h7-12,16H,4-6,13-15,17H2,1-3H3,(H,32,35). The normalized spacial score (nSPS) is 14.5. The largest absolute Gasteiger partial charge is 0.466 e. The maximum absolute atomic E-state index is 13.7. The number of fused-ring (bicyclic) bond motifs is 1. The van der Waals surface area contributed by atoms with Crippen LogP contribution in [0.15, 0.2) is 47.3 Å². The third-order valence-electron chi connectivity index (χ3n) is 7.00. The Morgan fingerprint density at radius 3 is 2.46 bits per heavy atom. The molecule has 1 unspecified atom stereocenters. The zero-order valence-electron chi connectivity index (χ0n) is 22.3. The Hall–Kier alpha value is -4.52. The van der Waals surface area contributed by atoms with Gasteiger partial charge in [0, 0.05) is 26.6 Å². The van der Waals surface area contributed by atoms with Crippen molar-refractivity contribution in [2.75, 3.05) is 19.7 Å². The van der Waals surface area contributed by atoms with E-state index >= 15 is 0 Å². The van der Waals surface area contributed by atoms with Crippen molar-refractivity contribution in [1.29, 1.82) is 5.26 Å². The van der Waals surface area contributed by atoms with Gasteiger partial charge >= 0.3 is 5.97 Å². The molecule has 0 aliphatic carbocycles. The lowest BCUT2D eigenvalue weighted by molar-refractivity contribution is -0.148. The maximum atomic E-state index is 13.7. The van der Waals surface area contributed by atoms with Gasteiger partial charge in [-0.1, -0.05) is 18.2 Å². The van der Waals surface area contributed by atoms with Crippen LogP contribution in [0.1, 0.15) is 55.5 Å². The second-order valence-corrected chi connectivity index (χ2v) is 9.77. The number of aromatic nitrogens is 2. The van der Waals surface area contributed by atoms with E-state index in [-0.39, 0.29) is 24.5 Å². The molecule has 1 aromatic heterocycles. The number of likely N-dealkylation sites (tertiary alicyclic amines) is 1. The molecule has 2 heterocycles. The molecule has 0 spiro atoms. The fourth-order valence-corrected chi connectivity index (χ4v) is 4.86. The average Bonchev–Trinajstić information content (AvgIpc) is 3.46. The van der Waals surface area contributed by atoms with Crippen molar-refractivity contribution < 1.29 is 19.1 Å². The van der Waals surface area contributed by atoms with Gasteiger partial charge in [0.2, 0.25) is 5.91 Å². The number of rotatable bonds is 8. The van der Waals surface area contributed by atoms with Crippen LogP contribution >= 0.6 is 0 Å². The summed E-state index contributed by atoms with van der Waals surface area (Å²) in [6, 6.07) is 14.1. The number of aryl methyl sites for hydroxylation is 1. The minimum atomic E-state index is -1.47. The van der Waals surface area contributed by atoms with Gasteiger partial charge in [-0.25, -0.2) is 4.98 Å². The summed E-state index contributed by atoms with van der Waals surface area (Å²) < 4.78 is 6.40. The van der Waals surface area contributed by atoms with E-state index < -0.39 is 23.8 Å². The number of carbonyl (C=O) groups is 3. The number of carbonyl (C=O) groups excluding carboxylic acids is 3. The van der Waals surface area contributed by atoms with E-state index in [4.69, 9.17) is 10.00 Å². The number of amides is 2. The SMILES string of the molecule is CCOC(=O)CC(=O)NC(C)(C(=O)N1CCCC1)c1ccc2c(c1)nc(Cc1ccc(C#N)cc1)c(=O)n2C. The summed E-state index contributed by atoms with van der Waals surface area (Å²) >= 11 is 0. The van der Waals surface area contributed by atoms with Crippen LogP contribution in [-0.4, -0.2) is 51.9 Å². The quantitative estimate of drug-likeness (QED) is 0.349. The summed E-state index contributed by atoms with van der Waals surface area (Å²) in [5.74, 6) is -1.58. The van der Waals surface area contributed by atoms with Gasteiger partial charge in [0.05, 0.1) is 29.3 Å². The predicted octanol–water partition coefficient (Wildman–Crippen LogP) is 2.30. The molecule has 0 radical (unpaired) electrons. The predicted molar refractivity (Wildman–Crippen MR) is 144 cm³/mol. The molecular weight excluding hydrogens is 498 g/mol. The molecule has 1 atom stereocenters. The van der Waals surface area contributed by atoms with Gasteiger partial charge in [-0.15, -0.1) is 0 Å². The first-order valence-electron chi connectivity index (χ1n) is 12.9. The van der Waals surface area contributed by atoms with Crippen LogP contribution in [-0.2, 0) is 38.1 Å². The number of hydrogen-bond donors (Lipinski definition) is 1. The van der Waals surface area contributed by atoms with Crippen LogP contribution < -0.4 is 10.9 Å². The van der Waals surface area contributed by atoms with Crippen LogP contribution in [0.3, 0.4) is 0 Å². The van der Waals surface area contributed by atoms with Gasteiger partial charge in [-0.05, 0) is 62.1 Å². The van der Waals surface area contributed by atoms with Crippen molar-refractivity contribution >= 4 is 28.8 Å². The lowest BCUT2D eigenvalue weighted by Gasteiger charge is -2.34. The van der Waals surface area contributed by atoms with Gasteiger partial charge in [0.1, 0.15) is 17.7 Å². The number of ether oxygens (including phenoxy) is 1. The fraction of sp³-hybridized carbons (Fsp3) is 0.379. The van der Waals surface area contributed by atoms with Gasteiger partial charge in [0.15, 0.2) is 0 Å². The van der Waals surface area contributed by atoms with Gasteiger partial charge < -0.3 is 19.5 Å². The van der Waals surface area contributed by atoms with E-state index in [2.05, 4.69) is 16.4 Å². The topological polar surface area (TPSA) is 134 Å². The van der Waals surface area contributed by atoms with E-state index in [0.29, 0.717) is 40.9 Å². The molecular formula is C29H31N5O5. The highest BCUT2D eigenvalue weighted by Crippen LogP contribution is 2.28. The number of nitrogens with one attached hydrogen (secondary N) is 1. The van der Waals surface area contributed by atoms with E-state index in [0.717, 1.165) is 18.4 Å². The molecule has 1 aliphatic rings. The molecule has 3 aromatic rings. The van der Waals surface area contributed by atoms with E-state index in [1.807, 2.05) is 0 Å². The van der Waals surface area contributed by atoms with E-state index in [1.54, 1.807) is 68.3 Å². The second-order valence-electron chi connectivity index (χ2n) is 9.77. The Morgan fingerprint density at radius 2 is 1.82 bits per heavy atom. The highest BCUT2D eigenvalue weighted by Gasteiger charge is 2.41. The monoisotopic (exact) mass is 529 g/mol. The van der Waals surface area contributed by atoms with Gasteiger partial charge in [-0.3, -0.25) is 19.2 Å². The molecule has 1 N–H and O–H groups in total. The molecule has 0 saturated carbocycles. The number of benzene rings is 2. The minimum Gasteiger partial charge on any atom is -0.466 e. The number of nitriles is 1. The van der Waals surface area contributed by atoms with Gasteiger partial charge in [-0.2, -0.15) is 5.26 Å². The van der Waals surface area contributed by atoms with Crippen molar-refractivity contribution in [1.82, 2.24) is 19.8 Å². The third-order valence-corrected chi connectivity index (χ3v) is 7.00. The molecule has 202 valence electrons. The van der Waals surface area contributed by atoms with Crippen molar-refractivity contribution in [2.24, 2.45) is 7.05 Å². The summed E-state index contributed by atoms with van der Waals surface area (Å²) in [6.45, 7) is 4.59. The lowest BCUT2D eigenvalue weighted by Crippen LogP contribution is -2.55. The van der Waals surface area contributed by atoms with Crippen molar-refractivity contribution in [3.8, 4) is 6.07 Å². The van der Waals surface area contributed by atoms with Crippen LogP contribution in [0.4, 0.5) is 0 Å².